The summed E-state index contributed by atoms with van der Waals surface area (Å²) in [5.74, 6) is -0.102. The molecule has 1 atom stereocenters. The topological polar surface area (TPSA) is 110 Å². The van der Waals surface area contributed by atoms with Gasteiger partial charge in [0.25, 0.3) is 0 Å². The van der Waals surface area contributed by atoms with Crippen LogP contribution in [0.15, 0.2) is 47.4 Å². The molecular formula is C24H29N3O5S. The summed E-state index contributed by atoms with van der Waals surface area (Å²) in [5, 5.41) is 5.20. The van der Waals surface area contributed by atoms with Crippen molar-refractivity contribution in [2.24, 2.45) is 5.14 Å². The minimum Gasteiger partial charge on any atom is -0.446 e. The average molecular weight is 472 g/mol. The molecule has 2 N–H and O–H groups in total. The molecule has 0 unspecified atom stereocenters. The second kappa shape index (κ2) is 9.15. The fraction of sp³-hybridized carbons (Fsp3) is 0.417. The molecule has 0 aromatic heterocycles. The molecule has 4 rings (SSSR count). The van der Waals surface area contributed by atoms with Gasteiger partial charge in [-0.05, 0) is 68.0 Å². The number of hydrogen-bond donors (Lipinski definition) is 1. The molecule has 0 radical (unpaired) electrons. The first-order valence-corrected chi connectivity index (χ1v) is 12.7. The van der Waals surface area contributed by atoms with E-state index in [2.05, 4.69) is 0 Å². The molecule has 1 saturated carbocycles. The van der Waals surface area contributed by atoms with Gasteiger partial charge >= 0.3 is 6.09 Å². The molecule has 1 aliphatic carbocycles. The molecule has 9 heteroatoms. The van der Waals surface area contributed by atoms with Gasteiger partial charge in [-0.3, -0.25) is 9.69 Å². The summed E-state index contributed by atoms with van der Waals surface area (Å²) in [6, 6.07) is 11.5. The number of primary sulfonamides is 1. The van der Waals surface area contributed by atoms with E-state index in [9.17, 15) is 18.0 Å². The van der Waals surface area contributed by atoms with Gasteiger partial charge in [0, 0.05) is 13.5 Å². The largest absolute Gasteiger partial charge is 0.446 e. The summed E-state index contributed by atoms with van der Waals surface area (Å²) in [6.07, 6.45) is 4.54. The third kappa shape index (κ3) is 4.89. The van der Waals surface area contributed by atoms with Gasteiger partial charge in [-0.15, -0.1) is 0 Å². The summed E-state index contributed by atoms with van der Waals surface area (Å²) in [4.78, 5) is 28.9. The highest BCUT2D eigenvalue weighted by Gasteiger charge is 2.35. The maximum absolute atomic E-state index is 13.2. The number of nitrogens with zero attached hydrogens (tertiary/aromatic N) is 2. The number of nitrogens with two attached hydrogens (primary N) is 1. The number of carbonyl (C=O) groups is 2. The Labute approximate surface area is 194 Å². The molecule has 2 aliphatic rings. The third-order valence-electron chi connectivity index (χ3n) is 6.31. The first-order valence-electron chi connectivity index (χ1n) is 11.2. The highest BCUT2D eigenvalue weighted by molar-refractivity contribution is 7.89. The molecule has 1 fully saturated rings. The van der Waals surface area contributed by atoms with Crippen LogP contribution in [0.25, 0.3) is 11.1 Å². The second-order valence-electron chi connectivity index (χ2n) is 8.77. The summed E-state index contributed by atoms with van der Waals surface area (Å²) < 4.78 is 29.0. The smallest absolute Gasteiger partial charge is 0.414 e. The number of amides is 2. The maximum Gasteiger partial charge on any atom is 0.414 e. The van der Waals surface area contributed by atoms with Gasteiger partial charge in [0.05, 0.1) is 22.3 Å². The lowest BCUT2D eigenvalue weighted by Crippen LogP contribution is -2.52. The Morgan fingerprint density at radius 1 is 0.970 bits per heavy atom. The Kier molecular flexibility index (Phi) is 6.45. The lowest BCUT2D eigenvalue weighted by molar-refractivity contribution is -0.117. The van der Waals surface area contributed by atoms with Crippen molar-refractivity contribution in [3.8, 4) is 11.1 Å². The highest BCUT2D eigenvalue weighted by Crippen LogP contribution is 2.39. The van der Waals surface area contributed by atoms with Crippen LogP contribution in [0.4, 0.5) is 16.2 Å². The monoisotopic (exact) mass is 471 g/mol. The summed E-state index contributed by atoms with van der Waals surface area (Å²) in [7, 11) is -3.79. The van der Waals surface area contributed by atoms with Gasteiger partial charge < -0.3 is 9.64 Å². The molecule has 33 heavy (non-hydrogen) atoms. The van der Waals surface area contributed by atoms with Crippen LogP contribution < -0.4 is 14.9 Å². The van der Waals surface area contributed by atoms with E-state index in [-0.39, 0.29) is 22.9 Å². The maximum atomic E-state index is 13.2. The van der Waals surface area contributed by atoms with E-state index in [1.165, 1.54) is 25.5 Å². The molecule has 0 saturated heterocycles. The van der Waals surface area contributed by atoms with Gasteiger partial charge in [-0.2, -0.15) is 0 Å². The molecule has 8 nitrogen and oxygen atoms in total. The third-order valence-corrected chi connectivity index (χ3v) is 7.24. The van der Waals surface area contributed by atoms with Crippen LogP contribution in [-0.4, -0.2) is 39.1 Å². The molecule has 0 bridgehead atoms. The molecule has 1 aliphatic heterocycles. The number of hydrogen-bond acceptors (Lipinski definition) is 5. The number of sulfonamides is 1. The van der Waals surface area contributed by atoms with Crippen molar-refractivity contribution in [2.45, 2.75) is 63.0 Å². The van der Waals surface area contributed by atoms with Crippen molar-refractivity contribution in [1.82, 2.24) is 0 Å². The Bertz CT molecular complexity index is 1160. The zero-order valence-electron chi connectivity index (χ0n) is 18.9. The van der Waals surface area contributed by atoms with E-state index in [1.807, 2.05) is 25.1 Å². The standard InChI is InChI=1S/C24H29N3O5S/c1-16-15-26(24(29)32-20-6-4-3-5-7-20)23-14-19(10-13-22(23)27(16)17(2)28)18-8-11-21(12-9-18)33(25,30)31/h8-14,16,20H,3-7,15H2,1-2H3,(H2,25,30,31)/t16-/m0/s1. The van der Waals surface area contributed by atoms with Gasteiger partial charge in [-0.25, -0.2) is 18.4 Å². The average Bonchev–Trinajstić information content (AvgIpc) is 2.78. The van der Waals surface area contributed by atoms with Crippen LogP contribution in [0.2, 0.25) is 0 Å². The quantitative estimate of drug-likeness (QED) is 0.727. The molecular weight excluding hydrogens is 442 g/mol. The molecule has 2 aromatic carbocycles. The first kappa shape index (κ1) is 23.3. The lowest BCUT2D eigenvalue weighted by atomic mass is 9.98. The van der Waals surface area contributed by atoms with Crippen molar-refractivity contribution in [3.63, 3.8) is 0 Å². The van der Waals surface area contributed by atoms with E-state index in [0.717, 1.165) is 36.8 Å². The fourth-order valence-electron chi connectivity index (χ4n) is 4.68. The van der Waals surface area contributed by atoms with Crippen LogP contribution in [0, 0.1) is 0 Å². The Balaban J connectivity index is 1.70. The zero-order chi connectivity index (χ0) is 23.8. The Hall–Kier alpha value is -2.91. The number of anilines is 2. The van der Waals surface area contributed by atoms with E-state index in [4.69, 9.17) is 9.88 Å². The van der Waals surface area contributed by atoms with E-state index in [0.29, 0.717) is 17.9 Å². The van der Waals surface area contributed by atoms with E-state index in [1.54, 1.807) is 21.9 Å². The predicted octanol–water partition coefficient (Wildman–Crippen LogP) is 4.03. The fourth-order valence-corrected chi connectivity index (χ4v) is 5.20. The molecule has 2 amide bonds. The van der Waals surface area contributed by atoms with E-state index < -0.39 is 16.1 Å². The summed E-state index contributed by atoms with van der Waals surface area (Å²) >= 11 is 0. The van der Waals surface area contributed by atoms with Gasteiger partial charge in [0.1, 0.15) is 6.10 Å². The number of fused-ring (bicyclic) bond motifs is 1. The van der Waals surface area contributed by atoms with Crippen molar-refractivity contribution in [1.29, 1.82) is 0 Å². The summed E-state index contributed by atoms with van der Waals surface area (Å²) in [6.45, 7) is 3.74. The second-order valence-corrected chi connectivity index (χ2v) is 10.3. The number of benzene rings is 2. The van der Waals surface area contributed by atoms with Crippen LogP contribution in [0.5, 0.6) is 0 Å². The highest BCUT2D eigenvalue weighted by atomic mass is 32.2. The molecule has 0 spiro atoms. The van der Waals surface area contributed by atoms with Crippen LogP contribution in [-0.2, 0) is 19.6 Å². The van der Waals surface area contributed by atoms with Gasteiger partial charge in [0.2, 0.25) is 15.9 Å². The van der Waals surface area contributed by atoms with Crippen LogP contribution in [0.1, 0.15) is 46.0 Å². The van der Waals surface area contributed by atoms with Crippen molar-refractivity contribution in [3.05, 3.63) is 42.5 Å². The Morgan fingerprint density at radius 3 is 2.21 bits per heavy atom. The summed E-state index contributed by atoms with van der Waals surface area (Å²) in [5.41, 5.74) is 2.78. The predicted molar refractivity (Wildman–Crippen MR) is 127 cm³/mol. The van der Waals surface area contributed by atoms with Gasteiger partial charge in [0.15, 0.2) is 0 Å². The number of carbonyl (C=O) groups excluding carboxylic acids is 2. The van der Waals surface area contributed by atoms with Gasteiger partial charge in [-0.1, -0.05) is 24.6 Å². The molecule has 2 aromatic rings. The minimum absolute atomic E-state index is 0.0264. The Morgan fingerprint density at radius 2 is 1.61 bits per heavy atom. The molecule has 176 valence electrons. The zero-order valence-corrected chi connectivity index (χ0v) is 19.7. The number of rotatable bonds is 3. The SMILES string of the molecule is CC(=O)N1c2ccc(-c3ccc(S(N)(=O)=O)cc3)cc2N(C(=O)OC2CCCCC2)C[C@@H]1C. The van der Waals surface area contributed by atoms with E-state index >= 15 is 0 Å². The molecule has 1 heterocycles. The normalized spacial score (nSPS) is 19.2. The van der Waals surface area contributed by atoms with Crippen molar-refractivity contribution < 1.29 is 22.7 Å². The van der Waals surface area contributed by atoms with Crippen LogP contribution >= 0.6 is 0 Å². The lowest BCUT2D eigenvalue weighted by Gasteiger charge is -2.41. The van der Waals surface area contributed by atoms with Crippen molar-refractivity contribution >= 4 is 33.4 Å². The number of ether oxygens (including phenoxy) is 1. The first-order chi connectivity index (χ1) is 15.6. The van der Waals surface area contributed by atoms with Crippen molar-refractivity contribution in [2.75, 3.05) is 16.3 Å². The van der Waals surface area contributed by atoms with Crippen LogP contribution in [0.3, 0.4) is 0 Å². The minimum atomic E-state index is -3.79.